The molecular formula is C30H41N2+. The molecule has 0 amide bonds. The van der Waals surface area contributed by atoms with Gasteiger partial charge in [-0.1, -0.05) is 99.7 Å². The Kier molecular flexibility index (Phi) is 7.37. The molecule has 0 N–H and O–H groups in total. The van der Waals surface area contributed by atoms with Gasteiger partial charge in [0.25, 0.3) is 0 Å². The van der Waals surface area contributed by atoms with Crippen LogP contribution in [0.15, 0.2) is 60.7 Å². The quantitative estimate of drug-likeness (QED) is 0.273. The highest BCUT2D eigenvalue weighted by Crippen LogP contribution is 2.58. The Hall–Kier alpha value is -2.11. The van der Waals surface area contributed by atoms with Crippen LogP contribution in [-0.4, -0.2) is 30.7 Å². The molecule has 3 saturated heterocycles. The Balaban J connectivity index is 1.50. The van der Waals surface area contributed by atoms with Crippen LogP contribution in [0.2, 0.25) is 0 Å². The Morgan fingerprint density at radius 1 is 0.750 bits per heavy atom. The van der Waals surface area contributed by atoms with Crippen molar-refractivity contribution in [1.29, 1.82) is 5.26 Å². The fourth-order valence-corrected chi connectivity index (χ4v) is 6.77. The average Bonchev–Trinajstić information content (AvgIpc) is 2.87. The maximum atomic E-state index is 10.8. The van der Waals surface area contributed by atoms with Crippen molar-refractivity contribution < 1.29 is 4.48 Å². The molecule has 2 aromatic carbocycles. The van der Waals surface area contributed by atoms with E-state index in [0.717, 1.165) is 0 Å². The molecule has 32 heavy (non-hydrogen) atoms. The van der Waals surface area contributed by atoms with E-state index >= 15 is 0 Å². The molecule has 0 spiro atoms. The van der Waals surface area contributed by atoms with Gasteiger partial charge in [-0.05, 0) is 24.0 Å². The Morgan fingerprint density at radius 2 is 1.22 bits per heavy atom. The second-order valence-electron chi connectivity index (χ2n) is 10.5. The van der Waals surface area contributed by atoms with Crippen LogP contribution in [0.5, 0.6) is 0 Å². The van der Waals surface area contributed by atoms with E-state index in [0.29, 0.717) is 0 Å². The summed E-state index contributed by atoms with van der Waals surface area (Å²) < 4.78 is 1.31. The maximum Gasteiger partial charge on any atom is 0.113 e. The number of nitriles is 1. The molecule has 0 unspecified atom stereocenters. The van der Waals surface area contributed by atoms with E-state index in [2.05, 4.69) is 73.7 Å². The largest absolute Gasteiger partial charge is 0.324 e. The molecule has 0 saturated carbocycles. The van der Waals surface area contributed by atoms with Crippen molar-refractivity contribution in [2.45, 2.75) is 76.5 Å². The predicted octanol–water partition coefficient (Wildman–Crippen LogP) is 7.25. The summed E-state index contributed by atoms with van der Waals surface area (Å²) in [5, 5.41) is 10.8. The van der Waals surface area contributed by atoms with Crippen molar-refractivity contribution in [1.82, 2.24) is 0 Å². The first kappa shape index (κ1) is 23.1. The normalized spacial score (nSPS) is 24.9. The molecule has 2 nitrogen and oxygen atoms in total. The van der Waals surface area contributed by atoms with Gasteiger partial charge in [-0.3, -0.25) is 0 Å². The lowest BCUT2D eigenvalue weighted by Crippen LogP contribution is -2.66. The first-order valence-electron chi connectivity index (χ1n) is 13.1. The lowest BCUT2D eigenvalue weighted by molar-refractivity contribution is -0.946. The third-order valence-electron chi connectivity index (χ3n) is 8.81. The number of hydrogen-bond acceptors (Lipinski definition) is 1. The van der Waals surface area contributed by atoms with Crippen molar-refractivity contribution in [3.05, 3.63) is 71.8 Å². The van der Waals surface area contributed by atoms with Crippen LogP contribution in [-0.2, 0) is 5.41 Å². The zero-order valence-electron chi connectivity index (χ0n) is 20.1. The summed E-state index contributed by atoms with van der Waals surface area (Å²) in [6.07, 6.45) is 13.2. The lowest BCUT2D eigenvalue weighted by atomic mass is 9.50. The van der Waals surface area contributed by atoms with E-state index in [-0.39, 0.29) is 5.41 Å². The molecule has 2 bridgehead atoms. The second-order valence-corrected chi connectivity index (χ2v) is 10.5. The first-order chi connectivity index (χ1) is 15.7. The predicted molar refractivity (Wildman–Crippen MR) is 133 cm³/mol. The monoisotopic (exact) mass is 429 g/mol. The molecule has 0 atom stereocenters. The third-order valence-corrected chi connectivity index (χ3v) is 8.81. The van der Waals surface area contributed by atoms with E-state index in [1.807, 2.05) is 0 Å². The highest BCUT2D eigenvalue weighted by Gasteiger charge is 2.61. The van der Waals surface area contributed by atoms with E-state index in [4.69, 9.17) is 0 Å². The van der Waals surface area contributed by atoms with E-state index < -0.39 is 5.41 Å². The molecule has 3 aliphatic heterocycles. The molecular weight excluding hydrogens is 388 g/mol. The number of benzene rings is 2. The summed E-state index contributed by atoms with van der Waals surface area (Å²) in [5.74, 6) is 0. The van der Waals surface area contributed by atoms with Gasteiger partial charge in [-0.15, -0.1) is 0 Å². The maximum absolute atomic E-state index is 10.8. The standard InChI is InChI=1S/C30H41N2/c1-2-3-4-5-6-7-14-22-32-23-19-29(20-24-32,21-25-32)30(26-31,27-15-10-8-11-16-27)28-17-12-9-13-18-28/h8-13,15-18H,2-7,14,19-25H2,1H3/q+1. The van der Waals surface area contributed by atoms with Crippen molar-refractivity contribution in [2.75, 3.05) is 26.2 Å². The van der Waals surface area contributed by atoms with Gasteiger partial charge in [0, 0.05) is 24.7 Å². The number of fused-ring (bicyclic) bond motifs is 3. The summed E-state index contributed by atoms with van der Waals surface area (Å²) in [6, 6.07) is 24.2. The zero-order valence-corrected chi connectivity index (χ0v) is 20.1. The van der Waals surface area contributed by atoms with E-state index in [1.54, 1.807) is 0 Å². The number of quaternary nitrogens is 1. The minimum atomic E-state index is -0.550. The van der Waals surface area contributed by atoms with Gasteiger partial charge < -0.3 is 4.48 Å². The van der Waals surface area contributed by atoms with Gasteiger partial charge in [0.1, 0.15) is 5.41 Å². The van der Waals surface area contributed by atoms with Crippen LogP contribution >= 0.6 is 0 Å². The van der Waals surface area contributed by atoms with Crippen LogP contribution in [0.25, 0.3) is 0 Å². The number of unbranched alkanes of at least 4 members (excludes halogenated alkanes) is 6. The van der Waals surface area contributed by atoms with Crippen LogP contribution in [0, 0.1) is 16.7 Å². The van der Waals surface area contributed by atoms with Gasteiger partial charge in [-0.2, -0.15) is 5.26 Å². The van der Waals surface area contributed by atoms with Gasteiger partial charge in [0.05, 0.1) is 32.2 Å². The fourth-order valence-electron chi connectivity index (χ4n) is 6.77. The Labute approximate surface area is 195 Å². The van der Waals surface area contributed by atoms with Crippen molar-refractivity contribution in [3.63, 3.8) is 0 Å². The first-order valence-corrected chi connectivity index (χ1v) is 13.1. The van der Waals surface area contributed by atoms with E-state index in [1.165, 1.54) is 106 Å². The van der Waals surface area contributed by atoms with Crippen LogP contribution in [0.1, 0.15) is 82.3 Å². The molecule has 0 aromatic heterocycles. The summed E-state index contributed by atoms with van der Waals surface area (Å²) in [5.41, 5.74) is 1.86. The summed E-state index contributed by atoms with van der Waals surface area (Å²) in [7, 11) is 0. The van der Waals surface area contributed by atoms with E-state index in [9.17, 15) is 5.26 Å². The number of rotatable bonds is 11. The molecule has 170 valence electrons. The number of nitrogens with zero attached hydrogens (tertiary/aromatic N) is 2. The Morgan fingerprint density at radius 3 is 1.69 bits per heavy atom. The van der Waals surface area contributed by atoms with Crippen LogP contribution in [0.4, 0.5) is 0 Å². The minimum Gasteiger partial charge on any atom is -0.324 e. The number of piperidine rings is 3. The molecule has 0 aliphatic carbocycles. The molecule has 2 aromatic rings. The van der Waals surface area contributed by atoms with Crippen molar-refractivity contribution in [2.24, 2.45) is 5.41 Å². The Bertz CT molecular complexity index is 816. The lowest BCUT2D eigenvalue weighted by Gasteiger charge is -2.60. The van der Waals surface area contributed by atoms with Gasteiger partial charge in [0.2, 0.25) is 0 Å². The smallest absolute Gasteiger partial charge is 0.113 e. The molecule has 3 aliphatic rings. The highest BCUT2D eigenvalue weighted by atomic mass is 15.4. The van der Waals surface area contributed by atoms with Gasteiger partial charge in [-0.25, -0.2) is 0 Å². The molecule has 2 heteroatoms. The van der Waals surface area contributed by atoms with Crippen LogP contribution < -0.4 is 0 Å². The molecule has 0 radical (unpaired) electrons. The molecule has 3 heterocycles. The third kappa shape index (κ3) is 4.25. The second kappa shape index (κ2) is 10.2. The fraction of sp³-hybridized carbons (Fsp3) is 0.567. The topological polar surface area (TPSA) is 23.8 Å². The average molecular weight is 430 g/mol. The molecule has 3 fully saturated rings. The molecule has 5 rings (SSSR count). The van der Waals surface area contributed by atoms with Crippen molar-refractivity contribution >= 4 is 0 Å². The van der Waals surface area contributed by atoms with Crippen molar-refractivity contribution in [3.8, 4) is 6.07 Å². The van der Waals surface area contributed by atoms with Gasteiger partial charge >= 0.3 is 0 Å². The number of hydrogen-bond donors (Lipinski definition) is 0. The summed E-state index contributed by atoms with van der Waals surface area (Å²) >= 11 is 0. The summed E-state index contributed by atoms with van der Waals surface area (Å²) in [4.78, 5) is 0. The highest BCUT2D eigenvalue weighted by molar-refractivity contribution is 5.49. The summed E-state index contributed by atoms with van der Waals surface area (Å²) in [6.45, 7) is 7.39. The van der Waals surface area contributed by atoms with Gasteiger partial charge in [0.15, 0.2) is 0 Å². The zero-order chi connectivity index (χ0) is 22.3. The SMILES string of the molecule is CCCCCCCCC[N+]12CCC(C(C#N)(c3ccccc3)c3ccccc3)(CC1)CC2. The van der Waals surface area contributed by atoms with Crippen LogP contribution in [0.3, 0.4) is 0 Å². The minimum absolute atomic E-state index is 0.0462.